The van der Waals surface area contributed by atoms with Gasteiger partial charge in [0.25, 0.3) is 0 Å². The van der Waals surface area contributed by atoms with Gasteiger partial charge in [-0.25, -0.2) is 0 Å². The minimum Gasteiger partial charge on any atom is -0.481 e. The molecular formula is C19H19N5O3. The van der Waals surface area contributed by atoms with Crippen LogP contribution >= 0.6 is 0 Å². The Kier molecular flexibility index (Phi) is 5.68. The van der Waals surface area contributed by atoms with Crippen LogP contribution in [0.2, 0.25) is 0 Å². The third-order valence-electron chi connectivity index (χ3n) is 3.42. The summed E-state index contributed by atoms with van der Waals surface area (Å²) in [4.78, 5) is 8.25. The first kappa shape index (κ1) is 18.0. The molecule has 0 unspecified atom stereocenters. The van der Waals surface area contributed by atoms with E-state index in [-0.39, 0.29) is 11.9 Å². The van der Waals surface area contributed by atoms with Crippen molar-refractivity contribution < 1.29 is 14.2 Å². The molecule has 0 radical (unpaired) electrons. The van der Waals surface area contributed by atoms with E-state index in [0.29, 0.717) is 23.2 Å². The molecule has 0 atom stereocenters. The molecule has 0 saturated carbocycles. The van der Waals surface area contributed by atoms with Gasteiger partial charge in [0.1, 0.15) is 11.5 Å². The van der Waals surface area contributed by atoms with Crippen molar-refractivity contribution in [1.29, 1.82) is 5.41 Å². The lowest BCUT2D eigenvalue weighted by Crippen LogP contribution is -2.22. The first-order valence-electron chi connectivity index (χ1n) is 8.09. The standard InChI is InChI=1S/C19H19N5O3/c1-25-16-12-17(26-2)23-19(22-16)24-18(20)21-13-7-6-10-15(11-13)27-14-8-4-3-5-9-14/h3-12H,1-2H3,(H3,20,21,22,23,24). The van der Waals surface area contributed by atoms with Crippen molar-refractivity contribution in [1.82, 2.24) is 9.97 Å². The van der Waals surface area contributed by atoms with Crippen LogP contribution in [0.4, 0.5) is 11.6 Å². The summed E-state index contributed by atoms with van der Waals surface area (Å²) in [5.41, 5.74) is 0.677. The van der Waals surface area contributed by atoms with Crippen molar-refractivity contribution >= 4 is 17.6 Å². The van der Waals surface area contributed by atoms with Gasteiger partial charge in [0.15, 0.2) is 5.96 Å². The maximum atomic E-state index is 8.09. The van der Waals surface area contributed by atoms with Gasteiger partial charge < -0.3 is 19.5 Å². The summed E-state index contributed by atoms with van der Waals surface area (Å²) >= 11 is 0. The van der Waals surface area contributed by atoms with Crippen molar-refractivity contribution in [2.45, 2.75) is 0 Å². The van der Waals surface area contributed by atoms with Crippen molar-refractivity contribution in [2.75, 3.05) is 24.9 Å². The lowest BCUT2D eigenvalue weighted by molar-refractivity contribution is 0.373. The highest BCUT2D eigenvalue weighted by Crippen LogP contribution is 2.24. The van der Waals surface area contributed by atoms with Gasteiger partial charge >= 0.3 is 0 Å². The number of benzene rings is 2. The number of methoxy groups -OCH3 is 2. The molecule has 0 saturated heterocycles. The number of aromatic nitrogens is 2. The Labute approximate surface area is 156 Å². The molecule has 1 aromatic heterocycles. The molecule has 3 rings (SSSR count). The molecular weight excluding hydrogens is 346 g/mol. The predicted molar refractivity (Wildman–Crippen MR) is 103 cm³/mol. The van der Waals surface area contributed by atoms with E-state index in [0.717, 1.165) is 5.75 Å². The second-order valence-electron chi connectivity index (χ2n) is 5.34. The number of ether oxygens (including phenoxy) is 3. The molecule has 0 aliphatic carbocycles. The van der Waals surface area contributed by atoms with Crippen molar-refractivity contribution in [3.8, 4) is 23.3 Å². The molecule has 8 nitrogen and oxygen atoms in total. The average molecular weight is 365 g/mol. The quantitative estimate of drug-likeness (QED) is 0.452. The summed E-state index contributed by atoms with van der Waals surface area (Å²) in [6, 6.07) is 18.3. The monoisotopic (exact) mass is 365 g/mol. The van der Waals surface area contributed by atoms with Crippen LogP contribution < -0.4 is 24.8 Å². The Balaban J connectivity index is 1.67. The van der Waals surface area contributed by atoms with Gasteiger partial charge in [-0.3, -0.25) is 10.7 Å². The van der Waals surface area contributed by atoms with Gasteiger partial charge in [0.05, 0.1) is 20.3 Å². The number of rotatable bonds is 6. The number of nitrogens with one attached hydrogen (secondary N) is 3. The molecule has 0 aliphatic rings. The number of para-hydroxylation sites is 1. The first-order chi connectivity index (χ1) is 13.2. The second kappa shape index (κ2) is 8.52. The minimum atomic E-state index is -0.0119. The highest BCUT2D eigenvalue weighted by Gasteiger charge is 2.08. The number of anilines is 2. The third-order valence-corrected chi connectivity index (χ3v) is 3.42. The minimum absolute atomic E-state index is 0.0119. The Morgan fingerprint density at radius 3 is 2.15 bits per heavy atom. The summed E-state index contributed by atoms with van der Waals surface area (Å²) in [6.07, 6.45) is 0. The Bertz CT molecular complexity index is 896. The van der Waals surface area contributed by atoms with Crippen LogP contribution in [-0.2, 0) is 0 Å². The molecule has 2 aromatic carbocycles. The normalized spacial score (nSPS) is 10.0. The summed E-state index contributed by atoms with van der Waals surface area (Å²) in [5.74, 6) is 2.21. The highest BCUT2D eigenvalue weighted by molar-refractivity contribution is 6.00. The van der Waals surface area contributed by atoms with E-state index >= 15 is 0 Å². The van der Waals surface area contributed by atoms with E-state index < -0.39 is 0 Å². The molecule has 0 bridgehead atoms. The molecule has 138 valence electrons. The molecule has 8 heteroatoms. The molecule has 0 fully saturated rings. The van der Waals surface area contributed by atoms with Crippen LogP contribution in [-0.4, -0.2) is 30.1 Å². The number of guanidine groups is 1. The van der Waals surface area contributed by atoms with Crippen LogP contribution in [0.1, 0.15) is 0 Å². The fraction of sp³-hybridized carbons (Fsp3) is 0.105. The highest BCUT2D eigenvalue weighted by atomic mass is 16.5. The van der Waals surface area contributed by atoms with E-state index in [1.165, 1.54) is 14.2 Å². The summed E-state index contributed by atoms with van der Waals surface area (Å²) in [5, 5.41) is 13.8. The summed E-state index contributed by atoms with van der Waals surface area (Å²) < 4.78 is 16.0. The van der Waals surface area contributed by atoms with Gasteiger partial charge in [-0.05, 0) is 24.3 Å². The summed E-state index contributed by atoms with van der Waals surface area (Å²) in [7, 11) is 2.99. The molecule has 27 heavy (non-hydrogen) atoms. The zero-order chi connectivity index (χ0) is 19.1. The van der Waals surface area contributed by atoms with Crippen LogP contribution in [0.3, 0.4) is 0 Å². The van der Waals surface area contributed by atoms with Crippen LogP contribution in [0.15, 0.2) is 60.7 Å². The van der Waals surface area contributed by atoms with Crippen molar-refractivity contribution in [3.05, 3.63) is 60.7 Å². The first-order valence-corrected chi connectivity index (χ1v) is 8.09. The van der Waals surface area contributed by atoms with E-state index in [2.05, 4.69) is 20.6 Å². The third kappa shape index (κ3) is 5.08. The lowest BCUT2D eigenvalue weighted by atomic mass is 10.3. The molecule has 0 spiro atoms. The van der Waals surface area contributed by atoms with E-state index in [4.69, 9.17) is 19.6 Å². The maximum absolute atomic E-state index is 8.09. The zero-order valence-corrected chi connectivity index (χ0v) is 14.9. The molecule has 0 amide bonds. The predicted octanol–water partition coefficient (Wildman–Crippen LogP) is 3.74. The topological polar surface area (TPSA) is 101 Å². The average Bonchev–Trinajstić information content (AvgIpc) is 2.68. The van der Waals surface area contributed by atoms with Crippen molar-refractivity contribution in [3.63, 3.8) is 0 Å². The Morgan fingerprint density at radius 2 is 1.48 bits per heavy atom. The largest absolute Gasteiger partial charge is 0.481 e. The number of hydrogen-bond acceptors (Lipinski definition) is 6. The SMILES string of the molecule is COc1cc(OC)nc(NC(=N)Nc2cccc(Oc3ccccc3)c2)n1. The Morgan fingerprint density at radius 1 is 0.815 bits per heavy atom. The van der Waals surface area contributed by atoms with Gasteiger partial charge in [-0.2, -0.15) is 9.97 Å². The van der Waals surface area contributed by atoms with E-state index in [1.807, 2.05) is 48.5 Å². The maximum Gasteiger partial charge on any atom is 0.236 e. The second-order valence-corrected chi connectivity index (χ2v) is 5.34. The fourth-order valence-electron chi connectivity index (χ4n) is 2.22. The number of hydrogen-bond donors (Lipinski definition) is 3. The molecule has 3 aromatic rings. The van der Waals surface area contributed by atoms with Gasteiger partial charge in [0, 0.05) is 11.8 Å². The zero-order valence-electron chi connectivity index (χ0n) is 14.9. The van der Waals surface area contributed by atoms with Gasteiger partial charge in [-0.15, -0.1) is 0 Å². The summed E-state index contributed by atoms with van der Waals surface area (Å²) in [6.45, 7) is 0. The molecule has 1 heterocycles. The van der Waals surface area contributed by atoms with Gasteiger partial charge in [-0.1, -0.05) is 24.3 Å². The van der Waals surface area contributed by atoms with Crippen LogP contribution in [0.25, 0.3) is 0 Å². The van der Waals surface area contributed by atoms with Gasteiger partial charge in [0.2, 0.25) is 17.7 Å². The fourth-order valence-corrected chi connectivity index (χ4v) is 2.22. The molecule has 0 aliphatic heterocycles. The number of nitrogens with zero attached hydrogens (tertiary/aromatic N) is 2. The van der Waals surface area contributed by atoms with Crippen molar-refractivity contribution in [2.24, 2.45) is 0 Å². The van der Waals surface area contributed by atoms with Crippen LogP contribution in [0.5, 0.6) is 23.3 Å². The lowest BCUT2D eigenvalue weighted by Gasteiger charge is -2.12. The Hall–Kier alpha value is -3.81. The van der Waals surface area contributed by atoms with E-state index in [1.54, 1.807) is 12.1 Å². The van der Waals surface area contributed by atoms with E-state index in [9.17, 15) is 0 Å². The smallest absolute Gasteiger partial charge is 0.236 e. The molecule has 3 N–H and O–H groups in total. The van der Waals surface area contributed by atoms with Crippen LogP contribution in [0, 0.1) is 5.41 Å².